The van der Waals surface area contributed by atoms with E-state index in [1.54, 1.807) is 0 Å². The smallest absolute Gasteiger partial charge is 0.319 e. The van der Waals surface area contributed by atoms with E-state index in [1.807, 2.05) is 0 Å². The van der Waals surface area contributed by atoms with Gasteiger partial charge in [0.2, 0.25) is 5.88 Å². The maximum absolute atomic E-state index is 11.8. The lowest BCUT2D eigenvalue weighted by molar-refractivity contribution is -0.0759. The molecular formula is C9H13N3O4. The highest BCUT2D eigenvalue weighted by Crippen LogP contribution is 2.18. The second-order valence-electron chi connectivity index (χ2n) is 2.76. The maximum Gasteiger partial charge on any atom is 0.319 e. The average molecular weight is 227 g/mol. The molecule has 1 aromatic rings. The molecule has 0 fully saturated rings. The number of ether oxygens (including phenoxy) is 2. The highest BCUT2D eigenvalue weighted by molar-refractivity contribution is 5.95. The van der Waals surface area contributed by atoms with Gasteiger partial charge in [0.15, 0.2) is 0 Å². The van der Waals surface area contributed by atoms with Crippen LogP contribution >= 0.6 is 0 Å². The average Bonchev–Trinajstić information content (AvgIpc) is 2.35. The summed E-state index contributed by atoms with van der Waals surface area (Å²) in [5, 5.41) is 1.05. The maximum atomic E-state index is 11.8. The first kappa shape index (κ1) is 12.2. The summed E-state index contributed by atoms with van der Waals surface area (Å²) in [7, 11) is 5.70. The molecule has 0 aliphatic rings. The van der Waals surface area contributed by atoms with Crippen molar-refractivity contribution >= 4 is 5.91 Å². The standard InChI is InChI=1S/C9H13N3O4/c1-12(16-4)8(13)6-5-10-9(15-3)11-7(6)14-2/h5H,1-4H3. The highest BCUT2D eigenvalue weighted by atomic mass is 16.7. The van der Waals surface area contributed by atoms with Gasteiger partial charge in [0.05, 0.1) is 27.5 Å². The van der Waals surface area contributed by atoms with Gasteiger partial charge in [-0.3, -0.25) is 9.63 Å². The van der Waals surface area contributed by atoms with Gasteiger partial charge in [-0.05, 0) is 0 Å². The molecule has 0 bridgehead atoms. The summed E-state index contributed by atoms with van der Waals surface area (Å²) in [5.41, 5.74) is 0.202. The topological polar surface area (TPSA) is 73.8 Å². The first-order valence-corrected chi connectivity index (χ1v) is 4.41. The Morgan fingerprint density at radius 1 is 1.31 bits per heavy atom. The Bertz CT molecular complexity index is 383. The molecule has 0 aromatic carbocycles. The first-order chi connectivity index (χ1) is 7.63. The highest BCUT2D eigenvalue weighted by Gasteiger charge is 2.19. The van der Waals surface area contributed by atoms with Crippen molar-refractivity contribution in [3.05, 3.63) is 11.8 Å². The Morgan fingerprint density at radius 3 is 2.50 bits per heavy atom. The molecule has 1 aromatic heterocycles. The Balaban J connectivity index is 3.08. The normalized spacial score (nSPS) is 9.75. The third-order valence-electron chi connectivity index (χ3n) is 1.90. The lowest BCUT2D eigenvalue weighted by atomic mass is 10.3. The van der Waals surface area contributed by atoms with Gasteiger partial charge in [-0.15, -0.1) is 0 Å². The second-order valence-corrected chi connectivity index (χ2v) is 2.76. The molecule has 0 aliphatic carbocycles. The zero-order valence-electron chi connectivity index (χ0n) is 9.55. The molecule has 1 amide bonds. The van der Waals surface area contributed by atoms with E-state index in [2.05, 4.69) is 9.97 Å². The fourth-order valence-corrected chi connectivity index (χ4v) is 1.00. The van der Waals surface area contributed by atoms with Gasteiger partial charge in [-0.2, -0.15) is 4.98 Å². The second kappa shape index (κ2) is 5.26. The van der Waals surface area contributed by atoms with Crippen molar-refractivity contribution in [3.8, 4) is 11.9 Å². The van der Waals surface area contributed by atoms with E-state index < -0.39 is 5.91 Å². The van der Waals surface area contributed by atoms with E-state index in [0.717, 1.165) is 5.06 Å². The summed E-state index contributed by atoms with van der Waals surface area (Å²) in [4.78, 5) is 24.2. The van der Waals surface area contributed by atoms with Crippen LogP contribution in [-0.4, -0.2) is 49.3 Å². The largest absolute Gasteiger partial charge is 0.480 e. The van der Waals surface area contributed by atoms with Crippen LogP contribution < -0.4 is 9.47 Å². The van der Waals surface area contributed by atoms with Gasteiger partial charge >= 0.3 is 6.01 Å². The number of hydrogen-bond acceptors (Lipinski definition) is 6. The minimum atomic E-state index is -0.401. The fraction of sp³-hybridized carbons (Fsp3) is 0.444. The quantitative estimate of drug-likeness (QED) is 0.680. The van der Waals surface area contributed by atoms with Gasteiger partial charge in [-0.1, -0.05) is 0 Å². The number of nitrogens with zero attached hydrogens (tertiary/aromatic N) is 3. The van der Waals surface area contributed by atoms with Crippen molar-refractivity contribution in [1.29, 1.82) is 0 Å². The van der Waals surface area contributed by atoms with Crippen molar-refractivity contribution in [2.24, 2.45) is 0 Å². The molecule has 0 atom stereocenters. The third kappa shape index (κ3) is 2.37. The van der Waals surface area contributed by atoms with Crippen LogP contribution in [0.2, 0.25) is 0 Å². The van der Waals surface area contributed by atoms with Crippen molar-refractivity contribution in [1.82, 2.24) is 15.0 Å². The Morgan fingerprint density at radius 2 is 2.00 bits per heavy atom. The number of hydroxylamine groups is 2. The van der Waals surface area contributed by atoms with Crippen molar-refractivity contribution in [3.63, 3.8) is 0 Å². The van der Waals surface area contributed by atoms with Crippen LogP contribution in [0.25, 0.3) is 0 Å². The molecule has 0 saturated carbocycles. The number of amides is 1. The van der Waals surface area contributed by atoms with Crippen LogP contribution in [0.1, 0.15) is 10.4 Å². The Labute approximate surface area is 92.9 Å². The van der Waals surface area contributed by atoms with Gasteiger partial charge in [-0.25, -0.2) is 10.0 Å². The lowest BCUT2D eigenvalue weighted by Gasteiger charge is -2.14. The SMILES string of the molecule is COc1ncc(C(=O)N(C)OC)c(OC)n1. The molecule has 0 unspecified atom stereocenters. The molecule has 7 heteroatoms. The summed E-state index contributed by atoms with van der Waals surface area (Å²) in [6, 6.07) is 0.133. The molecule has 0 aliphatic heterocycles. The van der Waals surface area contributed by atoms with E-state index in [1.165, 1.54) is 34.6 Å². The number of hydrogen-bond donors (Lipinski definition) is 0. The molecule has 0 radical (unpaired) electrons. The van der Waals surface area contributed by atoms with E-state index in [4.69, 9.17) is 14.3 Å². The number of methoxy groups -OCH3 is 2. The van der Waals surface area contributed by atoms with E-state index >= 15 is 0 Å². The summed E-state index contributed by atoms with van der Waals surface area (Å²) >= 11 is 0. The number of carbonyl (C=O) groups is 1. The zero-order valence-corrected chi connectivity index (χ0v) is 9.55. The third-order valence-corrected chi connectivity index (χ3v) is 1.90. The minimum absolute atomic E-state index is 0.133. The van der Waals surface area contributed by atoms with Crippen LogP contribution in [0, 0.1) is 0 Å². The van der Waals surface area contributed by atoms with E-state index in [0.29, 0.717) is 0 Å². The monoisotopic (exact) mass is 227 g/mol. The van der Waals surface area contributed by atoms with Crippen molar-refractivity contribution < 1.29 is 19.1 Å². The predicted octanol–water partition coefficient (Wildman–Crippen LogP) is 0.127. The molecule has 7 nitrogen and oxygen atoms in total. The zero-order chi connectivity index (χ0) is 12.1. The molecule has 0 spiro atoms. The van der Waals surface area contributed by atoms with Crippen LogP contribution in [-0.2, 0) is 4.84 Å². The fourth-order valence-electron chi connectivity index (χ4n) is 1.00. The van der Waals surface area contributed by atoms with Crippen LogP contribution in [0.15, 0.2) is 6.20 Å². The van der Waals surface area contributed by atoms with Crippen LogP contribution in [0.4, 0.5) is 0 Å². The Kier molecular flexibility index (Phi) is 4.01. The molecule has 16 heavy (non-hydrogen) atoms. The van der Waals surface area contributed by atoms with Gasteiger partial charge in [0, 0.05) is 7.05 Å². The molecule has 1 rings (SSSR count). The number of aromatic nitrogens is 2. The molecule has 0 saturated heterocycles. The first-order valence-electron chi connectivity index (χ1n) is 4.41. The lowest BCUT2D eigenvalue weighted by Crippen LogP contribution is -2.26. The summed E-state index contributed by atoms with van der Waals surface area (Å²) in [6.45, 7) is 0. The summed E-state index contributed by atoms with van der Waals surface area (Å²) in [6.07, 6.45) is 1.32. The van der Waals surface area contributed by atoms with Crippen LogP contribution in [0.5, 0.6) is 11.9 Å². The number of carbonyl (C=O) groups excluding carboxylic acids is 1. The van der Waals surface area contributed by atoms with Crippen molar-refractivity contribution in [2.75, 3.05) is 28.4 Å². The predicted molar refractivity (Wildman–Crippen MR) is 54.2 cm³/mol. The van der Waals surface area contributed by atoms with Crippen LogP contribution in [0.3, 0.4) is 0 Å². The van der Waals surface area contributed by atoms with Gasteiger partial charge < -0.3 is 9.47 Å². The van der Waals surface area contributed by atoms with E-state index in [-0.39, 0.29) is 17.5 Å². The molecule has 0 N–H and O–H groups in total. The summed E-state index contributed by atoms with van der Waals surface area (Å²) < 4.78 is 9.79. The molecular weight excluding hydrogens is 214 g/mol. The number of rotatable bonds is 4. The van der Waals surface area contributed by atoms with Gasteiger partial charge in [0.1, 0.15) is 5.56 Å². The minimum Gasteiger partial charge on any atom is -0.480 e. The van der Waals surface area contributed by atoms with Gasteiger partial charge in [0.25, 0.3) is 5.91 Å². The summed E-state index contributed by atoms with van der Waals surface area (Å²) in [5.74, 6) is -0.261. The van der Waals surface area contributed by atoms with E-state index in [9.17, 15) is 4.79 Å². The molecule has 88 valence electrons. The Hall–Kier alpha value is -1.89. The molecule has 1 heterocycles. The van der Waals surface area contributed by atoms with Crippen molar-refractivity contribution in [2.45, 2.75) is 0 Å².